The highest BCUT2D eigenvalue weighted by atomic mass is 32.2. The van der Waals surface area contributed by atoms with Crippen molar-refractivity contribution < 1.29 is 13.2 Å². The summed E-state index contributed by atoms with van der Waals surface area (Å²) in [5.74, 6) is 0.744. The van der Waals surface area contributed by atoms with Gasteiger partial charge < -0.3 is 10.1 Å². The molecule has 25 heavy (non-hydrogen) atoms. The molecule has 3 rings (SSSR count). The van der Waals surface area contributed by atoms with Crippen molar-refractivity contribution >= 4 is 38.4 Å². The van der Waals surface area contributed by atoms with Crippen LogP contribution in [0.2, 0.25) is 0 Å². The van der Waals surface area contributed by atoms with Crippen molar-refractivity contribution in [1.82, 2.24) is 0 Å². The van der Waals surface area contributed by atoms with E-state index in [0.717, 1.165) is 22.7 Å². The molecule has 0 fully saturated rings. The van der Waals surface area contributed by atoms with Crippen LogP contribution in [0.25, 0.3) is 0 Å². The van der Waals surface area contributed by atoms with E-state index in [1.165, 1.54) is 11.3 Å². The molecular formula is C18H18N2O3S2. The Kier molecular flexibility index (Phi) is 4.96. The zero-order chi connectivity index (χ0) is 17.9. The number of sulfonamides is 1. The normalized spacial score (nSPS) is 11.1. The molecule has 2 N–H and O–H groups in total. The van der Waals surface area contributed by atoms with Gasteiger partial charge in [-0.15, -0.1) is 11.3 Å². The van der Waals surface area contributed by atoms with Gasteiger partial charge in [0.2, 0.25) is 0 Å². The Labute approximate surface area is 151 Å². The zero-order valence-electron chi connectivity index (χ0n) is 13.8. The monoisotopic (exact) mass is 374 g/mol. The first-order valence-electron chi connectivity index (χ1n) is 7.56. The second-order valence-corrected chi connectivity index (χ2v) is 8.30. The van der Waals surface area contributed by atoms with E-state index in [9.17, 15) is 8.42 Å². The summed E-state index contributed by atoms with van der Waals surface area (Å²) in [6.07, 6.45) is 0. The van der Waals surface area contributed by atoms with Gasteiger partial charge in [-0.2, -0.15) is 0 Å². The van der Waals surface area contributed by atoms with Gasteiger partial charge in [-0.3, -0.25) is 4.72 Å². The summed E-state index contributed by atoms with van der Waals surface area (Å²) in [6, 6.07) is 16.2. The van der Waals surface area contributed by atoms with Crippen molar-refractivity contribution in [2.45, 2.75) is 11.1 Å². The standard InChI is InChI=1S/C18H18N2O3S2/c1-13-5-10-17(23-2)16(12-13)19-14-6-8-15(9-7-14)20-25(21,22)18-4-3-11-24-18/h3-12,19-20H,1-2H3. The van der Waals surface area contributed by atoms with E-state index in [0.29, 0.717) is 9.90 Å². The first kappa shape index (κ1) is 17.3. The van der Waals surface area contributed by atoms with Crippen molar-refractivity contribution in [2.75, 3.05) is 17.1 Å². The average molecular weight is 374 g/mol. The molecule has 0 saturated heterocycles. The largest absolute Gasteiger partial charge is 0.495 e. The third-order valence-electron chi connectivity index (χ3n) is 3.53. The summed E-state index contributed by atoms with van der Waals surface area (Å²) in [6.45, 7) is 2.01. The van der Waals surface area contributed by atoms with Gasteiger partial charge in [0.25, 0.3) is 10.0 Å². The molecular weight excluding hydrogens is 356 g/mol. The minimum Gasteiger partial charge on any atom is -0.495 e. The van der Waals surface area contributed by atoms with Gasteiger partial charge in [0.1, 0.15) is 9.96 Å². The molecule has 130 valence electrons. The lowest BCUT2D eigenvalue weighted by atomic mass is 10.2. The van der Waals surface area contributed by atoms with Gasteiger partial charge in [-0.1, -0.05) is 12.1 Å². The number of nitrogens with one attached hydrogen (secondary N) is 2. The predicted octanol–water partition coefficient (Wildman–Crippen LogP) is 4.61. The number of ether oxygens (including phenoxy) is 1. The van der Waals surface area contributed by atoms with E-state index in [2.05, 4.69) is 10.0 Å². The van der Waals surface area contributed by atoms with E-state index in [-0.39, 0.29) is 0 Å². The number of methoxy groups -OCH3 is 1. The van der Waals surface area contributed by atoms with Crippen LogP contribution in [-0.4, -0.2) is 15.5 Å². The second-order valence-electron chi connectivity index (χ2n) is 5.44. The van der Waals surface area contributed by atoms with Crippen LogP contribution >= 0.6 is 11.3 Å². The summed E-state index contributed by atoms with van der Waals surface area (Å²) in [5.41, 5.74) is 3.32. The Morgan fingerprint density at radius 1 is 1.00 bits per heavy atom. The fourth-order valence-corrected chi connectivity index (χ4v) is 4.37. The molecule has 0 amide bonds. The van der Waals surface area contributed by atoms with Crippen molar-refractivity contribution in [2.24, 2.45) is 0 Å². The first-order chi connectivity index (χ1) is 12.0. The van der Waals surface area contributed by atoms with Gasteiger partial charge in [0.05, 0.1) is 12.8 Å². The SMILES string of the molecule is COc1ccc(C)cc1Nc1ccc(NS(=O)(=O)c2cccs2)cc1. The maximum absolute atomic E-state index is 12.2. The van der Waals surface area contributed by atoms with Gasteiger partial charge in [0, 0.05) is 11.4 Å². The van der Waals surface area contributed by atoms with Crippen molar-refractivity contribution in [1.29, 1.82) is 0 Å². The molecule has 2 aromatic carbocycles. The molecule has 0 aliphatic carbocycles. The van der Waals surface area contributed by atoms with E-state index in [1.54, 1.807) is 36.8 Å². The van der Waals surface area contributed by atoms with E-state index >= 15 is 0 Å². The lowest BCUT2D eigenvalue weighted by Gasteiger charge is -2.13. The van der Waals surface area contributed by atoms with Gasteiger partial charge in [-0.25, -0.2) is 8.42 Å². The molecule has 7 heteroatoms. The highest BCUT2D eigenvalue weighted by Crippen LogP contribution is 2.29. The highest BCUT2D eigenvalue weighted by Gasteiger charge is 2.14. The van der Waals surface area contributed by atoms with E-state index in [1.807, 2.05) is 37.3 Å². The second kappa shape index (κ2) is 7.16. The topological polar surface area (TPSA) is 67.4 Å². The summed E-state index contributed by atoms with van der Waals surface area (Å²) in [4.78, 5) is 0. The Hall–Kier alpha value is -2.51. The number of anilines is 3. The maximum Gasteiger partial charge on any atom is 0.271 e. The minimum atomic E-state index is -3.53. The molecule has 0 spiro atoms. The third kappa shape index (κ3) is 4.12. The maximum atomic E-state index is 12.2. The Bertz CT molecular complexity index is 950. The van der Waals surface area contributed by atoms with Gasteiger partial charge in [-0.05, 0) is 60.3 Å². The Morgan fingerprint density at radius 2 is 1.72 bits per heavy atom. The van der Waals surface area contributed by atoms with Crippen LogP contribution in [0.3, 0.4) is 0 Å². The average Bonchev–Trinajstić information content (AvgIpc) is 3.12. The zero-order valence-corrected chi connectivity index (χ0v) is 15.4. The Morgan fingerprint density at radius 3 is 2.36 bits per heavy atom. The first-order valence-corrected chi connectivity index (χ1v) is 9.92. The van der Waals surface area contributed by atoms with Crippen LogP contribution in [0.4, 0.5) is 17.1 Å². The molecule has 0 atom stereocenters. The van der Waals surface area contributed by atoms with Crippen LogP contribution in [0.5, 0.6) is 5.75 Å². The van der Waals surface area contributed by atoms with Crippen LogP contribution in [0.15, 0.2) is 64.2 Å². The van der Waals surface area contributed by atoms with Crippen LogP contribution < -0.4 is 14.8 Å². The molecule has 1 heterocycles. The van der Waals surface area contributed by atoms with Crippen LogP contribution in [0, 0.1) is 6.92 Å². The van der Waals surface area contributed by atoms with E-state index < -0.39 is 10.0 Å². The third-order valence-corrected chi connectivity index (χ3v) is 6.31. The molecule has 0 radical (unpaired) electrons. The molecule has 5 nitrogen and oxygen atoms in total. The highest BCUT2D eigenvalue weighted by molar-refractivity contribution is 7.94. The fraction of sp³-hybridized carbons (Fsp3) is 0.111. The van der Waals surface area contributed by atoms with Crippen molar-refractivity contribution in [3.63, 3.8) is 0 Å². The molecule has 1 aromatic heterocycles. The number of aryl methyl sites for hydroxylation is 1. The number of hydrogen-bond acceptors (Lipinski definition) is 5. The fourth-order valence-electron chi connectivity index (χ4n) is 2.32. The number of hydrogen-bond donors (Lipinski definition) is 2. The van der Waals surface area contributed by atoms with Crippen molar-refractivity contribution in [3.05, 3.63) is 65.5 Å². The van der Waals surface area contributed by atoms with Crippen molar-refractivity contribution in [3.8, 4) is 5.75 Å². The summed E-state index contributed by atoms with van der Waals surface area (Å²) >= 11 is 1.18. The molecule has 0 unspecified atom stereocenters. The smallest absolute Gasteiger partial charge is 0.271 e. The lowest BCUT2D eigenvalue weighted by Crippen LogP contribution is -2.11. The predicted molar refractivity (Wildman–Crippen MR) is 103 cm³/mol. The molecule has 0 bridgehead atoms. The number of thiophene rings is 1. The number of benzene rings is 2. The quantitative estimate of drug-likeness (QED) is 0.661. The van der Waals surface area contributed by atoms with Gasteiger partial charge in [0.15, 0.2) is 0 Å². The Balaban J connectivity index is 1.76. The summed E-state index contributed by atoms with van der Waals surface area (Å²) < 4.78 is 32.7. The summed E-state index contributed by atoms with van der Waals surface area (Å²) in [5, 5.41) is 5.01. The molecule has 0 aliphatic heterocycles. The van der Waals surface area contributed by atoms with Gasteiger partial charge >= 0.3 is 0 Å². The lowest BCUT2D eigenvalue weighted by molar-refractivity contribution is 0.416. The number of rotatable bonds is 6. The molecule has 0 aliphatic rings. The van der Waals surface area contributed by atoms with Crippen LogP contribution in [-0.2, 0) is 10.0 Å². The molecule has 3 aromatic rings. The van der Waals surface area contributed by atoms with Crippen LogP contribution in [0.1, 0.15) is 5.56 Å². The summed E-state index contributed by atoms with van der Waals surface area (Å²) in [7, 11) is -1.91. The minimum absolute atomic E-state index is 0.291. The molecule has 0 saturated carbocycles. The van der Waals surface area contributed by atoms with E-state index in [4.69, 9.17) is 4.74 Å².